The van der Waals surface area contributed by atoms with Gasteiger partial charge in [-0.3, -0.25) is 32.7 Å². The number of phosphoric acid groups is 1. The quantitative estimate of drug-likeness (QED) is 0.151. The maximum absolute atomic E-state index is 16.7. The maximum Gasteiger partial charge on any atom is 0.472 e. The molecule has 21 nitrogen and oxygen atoms in total. The van der Waals surface area contributed by atoms with E-state index < -0.39 is 88.1 Å². The van der Waals surface area contributed by atoms with Crippen molar-refractivity contribution in [3.05, 3.63) is 33.4 Å². The summed E-state index contributed by atoms with van der Waals surface area (Å²) in [6, 6.07) is 0. The SMILES string of the molecule is Nc1nc2c(ncn2C2OC3COP(=O)(O)O[C@@H]4[C@@H](COP(O)(=S)O[C@@H]2[C@@H]3F)OC[C@]4(F)n2nnc3c(=O)[nH]cnc32)c(=O)[nH]1. The van der Waals surface area contributed by atoms with Crippen molar-refractivity contribution in [3.8, 4) is 0 Å². The van der Waals surface area contributed by atoms with Gasteiger partial charge in [-0.15, -0.1) is 5.10 Å². The lowest BCUT2D eigenvalue weighted by molar-refractivity contribution is -0.0718. The Balaban J connectivity index is 1.23. The molecule has 3 fully saturated rings. The van der Waals surface area contributed by atoms with Gasteiger partial charge in [0.25, 0.3) is 16.9 Å². The number of aromatic amines is 2. The number of nitrogen functional groups attached to an aromatic ring is 1. The van der Waals surface area contributed by atoms with Crippen LogP contribution in [0.1, 0.15) is 6.23 Å². The third kappa shape index (κ3) is 5.20. The van der Waals surface area contributed by atoms with Gasteiger partial charge in [0.1, 0.15) is 24.9 Å². The van der Waals surface area contributed by atoms with E-state index in [0.29, 0.717) is 4.68 Å². The molecule has 4 unspecified atom stereocenters. The molecule has 7 rings (SSSR count). The summed E-state index contributed by atoms with van der Waals surface area (Å²) in [6.45, 7) is -7.11. The van der Waals surface area contributed by atoms with Gasteiger partial charge < -0.3 is 34.5 Å². The molecule has 0 aliphatic carbocycles. The highest BCUT2D eigenvalue weighted by atomic mass is 32.5. The van der Waals surface area contributed by atoms with Crippen molar-refractivity contribution in [1.82, 2.24) is 44.5 Å². The van der Waals surface area contributed by atoms with Gasteiger partial charge in [-0.1, -0.05) is 5.21 Å². The molecule has 0 aromatic carbocycles. The number of rotatable bonds is 2. The molecule has 6 N–H and O–H groups in total. The molecule has 2 bridgehead atoms. The van der Waals surface area contributed by atoms with Crippen LogP contribution in [0.4, 0.5) is 14.7 Å². The molecular weight excluding hydrogens is 676 g/mol. The molecule has 3 aliphatic heterocycles. The van der Waals surface area contributed by atoms with Gasteiger partial charge >= 0.3 is 14.5 Å². The van der Waals surface area contributed by atoms with Gasteiger partial charge in [0.2, 0.25) is 5.95 Å². The zero-order valence-corrected chi connectivity index (χ0v) is 24.7. The molecule has 3 saturated heterocycles. The number of alkyl halides is 2. The number of fused-ring (bicyclic) bond motifs is 5. The number of nitrogens with one attached hydrogen (secondary N) is 2. The molecule has 45 heavy (non-hydrogen) atoms. The number of anilines is 1. The van der Waals surface area contributed by atoms with E-state index in [1.54, 1.807) is 0 Å². The second-order valence-corrected chi connectivity index (χ2v) is 14.2. The maximum atomic E-state index is 16.7. The van der Waals surface area contributed by atoms with Gasteiger partial charge in [-0.05, 0) is 11.8 Å². The zero-order chi connectivity index (χ0) is 31.9. The second kappa shape index (κ2) is 10.7. The Hall–Kier alpha value is -3.15. The average molecular weight is 696 g/mol. The van der Waals surface area contributed by atoms with Crippen LogP contribution in [0.15, 0.2) is 22.2 Å². The van der Waals surface area contributed by atoms with Crippen LogP contribution < -0.4 is 16.9 Å². The number of phosphoric ester groups is 1. The standard InChI is InChI=1S/C19H20F2N10O11P2S/c20-8-6-1-38-43(34,35)42-12-7(37-3-19(12,21)31-13-10(28-29-31)15(32)24-4-23-13)2-39-44(36,45)41-11(8)17(40-6)30-5-25-9-14(30)26-18(22)27-16(9)33/h4-8,11-12,17H,1-3H2,(H,34,35)(H,36,45)(H,23,24,32)(H3,22,26,27,33)/t6?,7-,8-,11-,12-,17?,19+,44?/m1/s1. The number of hydrogen-bond donors (Lipinski definition) is 5. The first-order chi connectivity index (χ1) is 21.3. The topological polar surface area (TPSA) is 279 Å². The van der Waals surface area contributed by atoms with Crippen molar-refractivity contribution < 1.29 is 50.7 Å². The highest BCUT2D eigenvalue weighted by Crippen LogP contribution is 2.55. The fourth-order valence-electron chi connectivity index (χ4n) is 5.14. The first-order valence-corrected chi connectivity index (χ1v) is 16.8. The van der Waals surface area contributed by atoms with Crippen LogP contribution in [0.3, 0.4) is 0 Å². The number of nitrogens with zero attached hydrogens (tertiary/aromatic N) is 7. The predicted octanol–water partition coefficient (Wildman–Crippen LogP) is -1.38. The predicted molar refractivity (Wildman–Crippen MR) is 144 cm³/mol. The van der Waals surface area contributed by atoms with E-state index in [0.717, 1.165) is 17.2 Å². The molecule has 0 radical (unpaired) electrons. The summed E-state index contributed by atoms with van der Waals surface area (Å²) in [7, 11) is -5.28. The van der Waals surface area contributed by atoms with Crippen LogP contribution in [-0.4, -0.2) is 105 Å². The molecular formula is C19H20F2N10O11P2S. The highest BCUT2D eigenvalue weighted by Gasteiger charge is 2.59. The van der Waals surface area contributed by atoms with Crippen LogP contribution in [-0.2, 0) is 49.7 Å². The molecule has 3 aliphatic rings. The smallest absolute Gasteiger partial charge is 0.369 e. The van der Waals surface area contributed by atoms with E-state index in [1.807, 2.05) is 0 Å². The zero-order valence-electron chi connectivity index (χ0n) is 22.1. The largest absolute Gasteiger partial charge is 0.472 e. The summed E-state index contributed by atoms with van der Waals surface area (Å²) in [4.78, 5) is 62.2. The molecule has 4 aromatic rings. The molecule has 0 saturated carbocycles. The Morgan fingerprint density at radius 2 is 1.89 bits per heavy atom. The Bertz CT molecular complexity index is 2030. The van der Waals surface area contributed by atoms with Crippen molar-refractivity contribution in [1.29, 1.82) is 0 Å². The van der Waals surface area contributed by atoms with Crippen molar-refractivity contribution >= 4 is 54.6 Å². The molecule has 4 aromatic heterocycles. The van der Waals surface area contributed by atoms with Crippen molar-refractivity contribution in [2.75, 3.05) is 25.6 Å². The summed E-state index contributed by atoms with van der Waals surface area (Å²) in [5, 5.41) is 7.23. The summed E-state index contributed by atoms with van der Waals surface area (Å²) in [6.07, 6.45) is -8.82. The molecule has 242 valence electrons. The third-order valence-electron chi connectivity index (χ3n) is 7.16. The fourth-order valence-corrected chi connectivity index (χ4v) is 7.53. The number of H-pyrrole nitrogens is 2. The average Bonchev–Trinajstić information content (AvgIpc) is 3.73. The minimum absolute atomic E-state index is 0.147. The van der Waals surface area contributed by atoms with E-state index in [9.17, 15) is 23.9 Å². The Morgan fingerprint density at radius 1 is 1.11 bits per heavy atom. The molecule has 7 heterocycles. The minimum atomic E-state index is -5.28. The van der Waals surface area contributed by atoms with Crippen LogP contribution in [0.5, 0.6) is 0 Å². The summed E-state index contributed by atoms with van der Waals surface area (Å²) in [5.41, 5.74) is 3.13. The van der Waals surface area contributed by atoms with E-state index in [-0.39, 0.29) is 28.3 Å². The van der Waals surface area contributed by atoms with Crippen LogP contribution in [0, 0.1) is 0 Å². The number of hydrogen-bond acceptors (Lipinski definition) is 16. The molecule has 26 heteroatoms. The monoisotopic (exact) mass is 696 g/mol. The second-order valence-electron chi connectivity index (χ2n) is 9.98. The fraction of sp³-hybridized carbons (Fsp3) is 0.526. The number of ether oxygens (including phenoxy) is 2. The van der Waals surface area contributed by atoms with Crippen LogP contribution >= 0.6 is 14.5 Å². The summed E-state index contributed by atoms with van der Waals surface area (Å²) >= 11 is 5.10. The molecule has 0 amide bonds. The Labute approximate surface area is 251 Å². The molecule has 0 spiro atoms. The third-order valence-corrected chi connectivity index (χ3v) is 9.69. The van der Waals surface area contributed by atoms with E-state index in [4.69, 9.17) is 45.1 Å². The van der Waals surface area contributed by atoms with Gasteiger partial charge in [0.05, 0.1) is 25.9 Å². The van der Waals surface area contributed by atoms with Crippen molar-refractivity contribution in [2.45, 2.75) is 42.6 Å². The van der Waals surface area contributed by atoms with Crippen LogP contribution in [0.25, 0.3) is 22.3 Å². The lowest BCUT2D eigenvalue weighted by Crippen LogP contribution is -2.46. The van der Waals surface area contributed by atoms with E-state index in [2.05, 4.69) is 35.2 Å². The van der Waals surface area contributed by atoms with Crippen molar-refractivity contribution in [2.24, 2.45) is 0 Å². The van der Waals surface area contributed by atoms with Crippen LogP contribution in [0.2, 0.25) is 0 Å². The lowest BCUT2D eigenvalue weighted by atomic mass is 10.1. The Kier molecular flexibility index (Phi) is 7.25. The first kappa shape index (κ1) is 30.5. The van der Waals surface area contributed by atoms with E-state index in [1.165, 1.54) is 0 Å². The first-order valence-electron chi connectivity index (χ1n) is 12.7. The molecule has 9 atom stereocenters. The normalized spacial score (nSPS) is 37.7. The van der Waals surface area contributed by atoms with Gasteiger partial charge in [-0.2, -0.15) is 9.67 Å². The lowest BCUT2D eigenvalue weighted by Gasteiger charge is -2.30. The Morgan fingerprint density at radius 3 is 2.69 bits per heavy atom. The number of imidazole rings is 1. The highest BCUT2D eigenvalue weighted by molar-refractivity contribution is 8.07. The minimum Gasteiger partial charge on any atom is -0.369 e. The van der Waals surface area contributed by atoms with Gasteiger partial charge in [0, 0.05) is 0 Å². The van der Waals surface area contributed by atoms with Crippen molar-refractivity contribution in [3.63, 3.8) is 0 Å². The van der Waals surface area contributed by atoms with E-state index >= 15 is 8.78 Å². The number of aromatic nitrogens is 9. The summed E-state index contributed by atoms with van der Waals surface area (Å²) in [5.74, 6) is -3.24. The van der Waals surface area contributed by atoms with Gasteiger partial charge in [0.15, 0.2) is 40.8 Å². The number of halogens is 2. The number of nitrogens with two attached hydrogens (primary N) is 1. The van der Waals surface area contributed by atoms with Gasteiger partial charge in [-0.25, -0.2) is 23.3 Å². The summed E-state index contributed by atoms with van der Waals surface area (Å²) < 4.78 is 79.5.